The Morgan fingerprint density at radius 1 is 1.21 bits per heavy atom. The monoisotopic (exact) mass is 477 g/mol. The van der Waals surface area contributed by atoms with Gasteiger partial charge in [-0.3, -0.25) is 0 Å². The average molecular weight is 478 g/mol. The zero-order valence-corrected chi connectivity index (χ0v) is 17.5. The number of alkyl halides is 2. The first kappa shape index (κ1) is 20.1. The molecule has 0 spiro atoms. The minimum atomic E-state index is -2.56. The molecule has 4 rings (SSSR count). The third-order valence-corrected chi connectivity index (χ3v) is 6.71. The van der Waals surface area contributed by atoms with Gasteiger partial charge in [0.15, 0.2) is 4.77 Å². The minimum Gasteiger partial charge on any atom is -0.334 e. The van der Waals surface area contributed by atoms with Gasteiger partial charge >= 0.3 is 0 Å². The van der Waals surface area contributed by atoms with Gasteiger partial charge < -0.3 is 14.5 Å². The van der Waals surface area contributed by atoms with Gasteiger partial charge in [0.1, 0.15) is 11.6 Å². The van der Waals surface area contributed by atoms with Crippen LogP contribution in [0.5, 0.6) is 0 Å². The maximum atomic E-state index is 14.5. The van der Waals surface area contributed by atoms with Crippen LogP contribution in [0, 0.1) is 16.4 Å². The summed E-state index contributed by atoms with van der Waals surface area (Å²) < 4.78 is 58.1. The van der Waals surface area contributed by atoms with Crippen LogP contribution in [0.15, 0.2) is 16.6 Å². The van der Waals surface area contributed by atoms with E-state index < -0.39 is 17.6 Å². The number of nitrogens with one attached hydrogen (secondary N) is 1. The molecule has 2 aliphatic rings. The van der Waals surface area contributed by atoms with Gasteiger partial charge in [-0.2, -0.15) is 0 Å². The number of aromatic nitrogens is 2. The number of fused-ring (bicyclic) bond motifs is 1. The minimum absolute atomic E-state index is 0.0803. The Balaban J connectivity index is 1.49. The number of piperidine rings is 1. The highest BCUT2D eigenvalue weighted by atomic mass is 79.9. The summed E-state index contributed by atoms with van der Waals surface area (Å²) in [5.41, 5.74) is 1.97. The quantitative estimate of drug-likeness (QED) is 0.371. The second-order valence-corrected chi connectivity index (χ2v) is 8.81. The predicted octanol–water partition coefficient (Wildman–Crippen LogP) is 5.20. The lowest BCUT2D eigenvalue weighted by molar-refractivity contribution is -0.0548. The van der Waals surface area contributed by atoms with Gasteiger partial charge in [0.2, 0.25) is 0 Å². The van der Waals surface area contributed by atoms with Crippen molar-refractivity contribution in [3.8, 4) is 0 Å². The fourth-order valence-corrected chi connectivity index (χ4v) is 4.84. The molecule has 0 bridgehead atoms. The van der Waals surface area contributed by atoms with Crippen LogP contribution in [0.4, 0.5) is 17.6 Å². The van der Waals surface area contributed by atoms with E-state index >= 15 is 0 Å². The highest BCUT2D eigenvalue weighted by molar-refractivity contribution is 9.10. The first-order valence-electron chi connectivity index (χ1n) is 9.29. The third-order valence-electron chi connectivity index (χ3n) is 5.77. The number of likely N-dealkylation sites (tertiary alicyclic amines) is 1. The molecule has 1 fully saturated rings. The van der Waals surface area contributed by atoms with Crippen molar-refractivity contribution in [2.75, 3.05) is 19.6 Å². The van der Waals surface area contributed by atoms with Crippen molar-refractivity contribution in [1.82, 2.24) is 14.5 Å². The number of benzene rings is 1. The van der Waals surface area contributed by atoms with Gasteiger partial charge in [0.25, 0.3) is 5.92 Å². The van der Waals surface area contributed by atoms with Gasteiger partial charge in [0, 0.05) is 68.3 Å². The Labute approximate surface area is 173 Å². The summed E-state index contributed by atoms with van der Waals surface area (Å²) in [6.45, 7) is 1.83. The molecule has 0 saturated carbocycles. The SMILES string of the molecule is Fc1ccc(Br)c(F)c1[C@H]1Cc2c(CCN3CCC(F)(F)CC3)[nH]c(=S)n2C1. The number of hydrogen-bond donors (Lipinski definition) is 1. The van der Waals surface area contributed by atoms with E-state index in [1.807, 2.05) is 9.47 Å². The number of nitrogens with zero attached hydrogens (tertiary/aromatic N) is 2. The number of aromatic amines is 1. The summed E-state index contributed by atoms with van der Waals surface area (Å²) in [6, 6.07) is 2.63. The summed E-state index contributed by atoms with van der Waals surface area (Å²) in [5, 5.41) is 0. The number of imidazole rings is 1. The topological polar surface area (TPSA) is 24.0 Å². The summed E-state index contributed by atoms with van der Waals surface area (Å²) in [4.78, 5) is 5.22. The van der Waals surface area contributed by atoms with Gasteiger partial charge in [-0.05, 0) is 46.7 Å². The molecule has 0 radical (unpaired) electrons. The first-order chi connectivity index (χ1) is 13.2. The molecular formula is C19H20BrF4N3S. The molecule has 3 heterocycles. The van der Waals surface area contributed by atoms with Gasteiger partial charge in [-0.15, -0.1) is 0 Å². The van der Waals surface area contributed by atoms with E-state index in [-0.39, 0.29) is 28.8 Å². The lowest BCUT2D eigenvalue weighted by Gasteiger charge is -2.31. The smallest absolute Gasteiger partial charge is 0.250 e. The van der Waals surface area contributed by atoms with Crippen molar-refractivity contribution in [1.29, 1.82) is 0 Å². The summed E-state index contributed by atoms with van der Waals surface area (Å²) in [6.07, 6.45) is 0.916. The predicted molar refractivity (Wildman–Crippen MR) is 104 cm³/mol. The zero-order chi connectivity index (χ0) is 20.1. The summed E-state index contributed by atoms with van der Waals surface area (Å²) in [5.74, 6) is -4.00. The molecule has 152 valence electrons. The molecule has 0 aliphatic carbocycles. The lowest BCUT2D eigenvalue weighted by atomic mass is 9.95. The van der Waals surface area contributed by atoms with Gasteiger partial charge in [0.05, 0.1) is 4.47 Å². The van der Waals surface area contributed by atoms with Crippen molar-refractivity contribution >= 4 is 28.1 Å². The van der Waals surface area contributed by atoms with Crippen molar-refractivity contribution in [2.24, 2.45) is 0 Å². The second kappa shape index (κ2) is 7.57. The van der Waals surface area contributed by atoms with Crippen molar-refractivity contribution in [2.45, 2.75) is 44.1 Å². The van der Waals surface area contributed by atoms with E-state index in [9.17, 15) is 17.6 Å². The van der Waals surface area contributed by atoms with Crippen LogP contribution >= 0.6 is 28.1 Å². The lowest BCUT2D eigenvalue weighted by Crippen LogP contribution is -2.40. The number of H-pyrrole nitrogens is 1. The molecule has 2 aliphatic heterocycles. The molecule has 1 aromatic carbocycles. The van der Waals surface area contributed by atoms with Crippen LogP contribution in [0.2, 0.25) is 0 Å². The zero-order valence-electron chi connectivity index (χ0n) is 15.1. The molecule has 1 aromatic heterocycles. The van der Waals surface area contributed by atoms with Gasteiger partial charge in [-0.1, -0.05) is 0 Å². The largest absolute Gasteiger partial charge is 0.334 e. The molecule has 28 heavy (non-hydrogen) atoms. The van der Waals surface area contributed by atoms with Crippen LogP contribution in [0.3, 0.4) is 0 Å². The fraction of sp³-hybridized carbons (Fsp3) is 0.526. The molecule has 3 nitrogen and oxygen atoms in total. The van der Waals surface area contributed by atoms with E-state index in [0.29, 0.717) is 43.8 Å². The number of halogens is 5. The van der Waals surface area contributed by atoms with Crippen LogP contribution in [-0.2, 0) is 19.4 Å². The molecule has 1 saturated heterocycles. The molecule has 0 unspecified atom stereocenters. The number of rotatable bonds is 4. The van der Waals surface area contributed by atoms with Crippen LogP contribution in [0.25, 0.3) is 0 Å². The summed E-state index contributed by atoms with van der Waals surface area (Å²) in [7, 11) is 0. The van der Waals surface area contributed by atoms with E-state index in [0.717, 1.165) is 11.4 Å². The molecule has 0 amide bonds. The second-order valence-electron chi connectivity index (χ2n) is 7.57. The summed E-state index contributed by atoms with van der Waals surface area (Å²) >= 11 is 8.52. The Morgan fingerprint density at radius 3 is 2.64 bits per heavy atom. The highest BCUT2D eigenvalue weighted by Crippen LogP contribution is 2.36. The normalized spacial score (nSPS) is 21.8. The number of hydrogen-bond acceptors (Lipinski definition) is 2. The van der Waals surface area contributed by atoms with Crippen molar-refractivity contribution in [3.05, 3.63) is 50.0 Å². The molecule has 2 aromatic rings. The average Bonchev–Trinajstić information content (AvgIpc) is 3.19. The highest BCUT2D eigenvalue weighted by Gasteiger charge is 2.34. The molecular weight excluding hydrogens is 458 g/mol. The molecule has 9 heteroatoms. The van der Waals surface area contributed by atoms with E-state index in [1.54, 1.807) is 0 Å². The van der Waals surface area contributed by atoms with Crippen LogP contribution in [-0.4, -0.2) is 40.0 Å². The Bertz CT molecular complexity index is 945. The van der Waals surface area contributed by atoms with Crippen LogP contribution < -0.4 is 0 Å². The van der Waals surface area contributed by atoms with Gasteiger partial charge in [-0.25, -0.2) is 17.6 Å². The Hall–Kier alpha value is -1.19. The van der Waals surface area contributed by atoms with Crippen molar-refractivity contribution in [3.63, 3.8) is 0 Å². The first-order valence-corrected chi connectivity index (χ1v) is 10.5. The molecule has 1 atom stereocenters. The Kier molecular flexibility index (Phi) is 5.43. The van der Waals surface area contributed by atoms with Crippen LogP contribution in [0.1, 0.15) is 35.7 Å². The maximum Gasteiger partial charge on any atom is 0.250 e. The fourth-order valence-electron chi connectivity index (χ4n) is 4.19. The van der Waals surface area contributed by atoms with E-state index in [1.165, 1.54) is 12.1 Å². The third kappa shape index (κ3) is 3.80. The van der Waals surface area contributed by atoms with Crippen molar-refractivity contribution < 1.29 is 17.6 Å². The molecule has 1 N–H and O–H groups in total. The van der Waals surface area contributed by atoms with E-state index in [2.05, 4.69) is 20.9 Å². The maximum absolute atomic E-state index is 14.5. The van der Waals surface area contributed by atoms with E-state index in [4.69, 9.17) is 12.2 Å². The Morgan fingerprint density at radius 2 is 1.93 bits per heavy atom. The standard InChI is InChI=1S/C19H20BrF4N3S/c20-12-1-2-13(21)16(17(12)22)11-9-15-14(25-18(28)27(15)10-11)3-6-26-7-4-19(23,24)5-8-26/h1-2,11H,3-10H2,(H,25,28)/t11-/m0/s1.